The highest BCUT2D eigenvalue weighted by Crippen LogP contribution is 2.31. The van der Waals surface area contributed by atoms with E-state index >= 15 is 0 Å². The van der Waals surface area contributed by atoms with Gasteiger partial charge in [0.2, 0.25) is 0 Å². The van der Waals surface area contributed by atoms with Crippen LogP contribution >= 0.6 is 0 Å². The first kappa shape index (κ1) is 20.1. The molecule has 1 aliphatic rings. The zero-order chi connectivity index (χ0) is 21.3. The molecule has 0 saturated carbocycles. The molecule has 7 nitrogen and oxygen atoms in total. The molecule has 4 amide bonds. The molecule has 0 unspecified atom stereocenters. The summed E-state index contributed by atoms with van der Waals surface area (Å²) in [6, 6.07) is 8.01. The molecular weight excluding hydrogens is 372 g/mol. The molecule has 1 fully saturated rings. The molecule has 7 heteroatoms. The second-order valence-corrected chi connectivity index (χ2v) is 6.81. The highest BCUT2D eigenvalue weighted by Gasteiger charge is 2.38. The molecule has 150 valence electrons. The Morgan fingerprint density at radius 1 is 0.931 bits per heavy atom. The Balaban J connectivity index is 2.10. The van der Waals surface area contributed by atoms with Crippen molar-refractivity contribution < 1.29 is 23.9 Å². The van der Waals surface area contributed by atoms with Crippen LogP contribution < -0.4 is 19.7 Å². The van der Waals surface area contributed by atoms with Gasteiger partial charge in [0.05, 0.1) is 19.9 Å². The molecule has 0 aliphatic carbocycles. The van der Waals surface area contributed by atoms with Gasteiger partial charge >= 0.3 is 6.03 Å². The van der Waals surface area contributed by atoms with Crippen LogP contribution in [0.4, 0.5) is 10.5 Å². The van der Waals surface area contributed by atoms with Crippen molar-refractivity contribution in [1.29, 1.82) is 0 Å². The van der Waals surface area contributed by atoms with E-state index in [2.05, 4.69) is 5.32 Å². The highest BCUT2D eigenvalue weighted by atomic mass is 16.5. The van der Waals surface area contributed by atoms with Gasteiger partial charge in [0.1, 0.15) is 17.1 Å². The summed E-state index contributed by atoms with van der Waals surface area (Å²) in [5.41, 5.74) is 3.37. The number of amides is 4. The van der Waals surface area contributed by atoms with Gasteiger partial charge in [-0.05, 0) is 50.1 Å². The molecule has 0 radical (unpaired) electrons. The molecule has 2 aromatic rings. The minimum absolute atomic E-state index is 0.160. The second-order valence-electron chi connectivity index (χ2n) is 6.81. The number of methoxy groups -OCH3 is 2. The topological polar surface area (TPSA) is 84.9 Å². The van der Waals surface area contributed by atoms with Crippen LogP contribution in [0.5, 0.6) is 11.5 Å². The van der Waals surface area contributed by atoms with Crippen molar-refractivity contribution in [1.82, 2.24) is 5.32 Å². The smallest absolute Gasteiger partial charge is 0.335 e. The van der Waals surface area contributed by atoms with Crippen LogP contribution in [0.3, 0.4) is 0 Å². The minimum Gasteiger partial charge on any atom is -0.497 e. The van der Waals surface area contributed by atoms with Crippen molar-refractivity contribution in [3.63, 3.8) is 0 Å². The van der Waals surface area contributed by atoms with Crippen molar-refractivity contribution >= 4 is 29.6 Å². The molecule has 1 N–H and O–H groups in total. The molecule has 0 aromatic heterocycles. The summed E-state index contributed by atoms with van der Waals surface area (Å²) in [7, 11) is 3.01. The normalized spacial score (nSPS) is 15.6. The zero-order valence-electron chi connectivity index (χ0n) is 17.0. The van der Waals surface area contributed by atoms with Gasteiger partial charge in [-0.1, -0.05) is 17.7 Å². The number of urea groups is 1. The monoisotopic (exact) mass is 394 g/mol. The fourth-order valence-electron chi connectivity index (χ4n) is 3.48. The van der Waals surface area contributed by atoms with Gasteiger partial charge in [-0.25, -0.2) is 9.69 Å². The van der Waals surface area contributed by atoms with Crippen LogP contribution in [-0.4, -0.2) is 32.1 Å². The van der Waals surface area contributed by atoms with Gasteiger partial charge < -0.3 is 9.47 Å². The number of rotatable bonds is 4. The molecular formula is C22H22N2O5. The Morgan fingerprint density at radius 2 is 1.59 bits per heavy atom. The summed E-state index contributed by atoms with van der Waals surface area (Å²) in [4.78, 5) is 39.1. The summed E-state index contributed by atoms with van der Waals surface area (Å²) in [6.45, 7) is 5.58. The van der Waals surface area contributed by atoms with Crippen molar-refractivity contribution in [2.75, 3.05) is 19.1 Å². The third kappa shape index (κ3) is 3.71. The molecule has 1 saturated heterocycles. The molecule has 1 aliphatic heterocycles. The van der Waals surface area contributed by atoms with Crippen LogP contribution in [-0.2, 0) is 9.59 Å². The fourth-order valence-corrected chi connectivity index (χ4v) is 3.48. The van der Waals surface area contributed by atoms with Crippen LogP contribution in [0.1, 0.15) is 22.3 Å². The summed E-state index contributed by atoms with van der Waals surface area (Å²) < 4.78 is 10.5. The van der Waals surface area contributed by atoms with E-state index in [-0.39, 0.29) is 5.57 Å². The number of nitrogens with one attached hydrogen (secondary N) is 1. The third-order valence-corrected chi connectivity index (χ3v) is 4.70. The van der Waals surface area contributed by atoms with Crippen molar-refractivity contribution in [2.45, 2.75) is 20.8 Å². The van der Waals surface area contributed by atoms with Crippen LogP contribution in [0.2, 0.25) is 0 Å². The number of aryl methyl sites for hydroxylation is 3. The van der Waals surface area contributed by atoms with Crippen LogP contribution in [0, 0.1) is 20.8 Å². The van der Waals surface area contributed by atoms with Crippen LogP contribution in [0.15, 0.2) is 35.9 Å². The molecule has 1 heterocycles. The number of hydrogen-bond donors (Lipinski definition) is 1. The lowest BCUT2D eigenvalue weighted by Gasteiger charge is -2.29. The molecule has 0 spiro atoms. The summed E-state index contributed by atoms with van der Waals surface area (Å²) in [6.07, 6.45) is 1.41. The fraction of sp³-hybridized carbons (Fsp3) is 0.227. The number of ether oxygens (including phenoxy) is 2. The van der Waals surface area contributed by atoms with Gasteiger partial charge in [0, 0.05) is 11.6 Å². The first-order valence-electron chi connectivity index (χ1n) is 8.98. The van der Waals surface area contributed by atoms with Gasteiger partial charge in [0.15, 0.2) is 0 Å². The average Bonchev–Trinajstić information content (AvgIpc) is 2.66. The first-order chi connectivity index (χ1) is 13.8. The number of benzene rings is 2. The highest BCUT2D eigenvalue weighted by molar-refractivity contribution is 6.39. The maximum atomic E-state index is 13.2. The maximum Gasteiger partial charge on any atom is 0.335 e. The van der Waals surface area contributed by atoms with Crippen molar-refractivity contribution in [2.24, 2.45) is 0 Å². The molecule has 3 rings (SSSR count). The van der Waals surface area contributed by atoms with Gasteiger partial charge in [-0.3, -0.25) is 14.9 Å². The number of imide groups is 2. The Kier molecular flexibility index (Phi) is 5.41. The van der Waals surface area contributed by atoms with E-state index in [1.807, 2.05) is 32.9 Å². The Morgan fingerprint density at radius 3 is 2.17 bits per heavy atom. The summed E-state index contributed by atoms with van der Waals surface area (Å²) >= 11 is 0. The van der Waals surface area contributed by atoms with E-state index in [0.29, 0.717) is 22.7 Å². The summed E-state index contributed by atoms with van der Waals surface area (Å²) in [5.74, 6) is -0.432. The number of carbonyl (C=O) groups is 3. The molecule has 29 heavy (non-hydrogen) atoms. The lowest BCUT2D eigenvalue weighted by molar-refractivity contribution is -0.122. The van der Waals surface area contributed by atoms with Crippen molar-refractivity contribution in [3.8, 4) is 11.5 Å². The van der Waals surface area contributed by atoms with E-state index in [0.717, 1.165) is 21.6 Å². The Bertz CT molecular complexity index is 1030. The standard InChI is InChI=1S/C22H22N2O5/c1-12-8-13(2)19(14(3)9-12)24-21(26)17(20(25)23-22(24)27)10-15-6-7-16(28-4)11-18(15)29-5/h6-11H,1-5H3,(H,23,25,27)/b17-10+. The van der Waals surface area contributed by atoms with Crippen molar-refractivity contribution in [3.05, 3.63) is 58.2 Å². The van der Waals surface area contributed by atoms with E-state index in [9.17, 15) is 14.4 Å². The van der Waals surface area contributed by atoms with E-state index < -0.39 is 17.8 Å². The number of barbiturate groups is 1. The molecule has 0 atom stereocenters. The predicted octanol–water partition coefficient (Wildman–Crippen LogP) is 3.30. The largest absolute Gasteiger partial charge is 0.497 e. The number of carbonyl (C=O) groups excluding carboxylic acids is 3. The van der Waals surface area contributed by atoms with Gasteiger partial charge in [0.25, 0.3) is 11.8 Å². The number of nitrogens with zero attached hydrogens (tertiary/aromatic N) is 1. The predicted molar refractivity (Wildman–Crippen MR) is 109 cm³/mol. The molecule has 0 bridgehead atoms. The maximum absolute atomic E-state index is 13.2. The molecule has 2 aromatic carbocycles. The average molecular weight is 394 g/mol. The quantitative estimate of drug-likeness (QED) is 0.635. The lowest BCUT2D eigenvalue weighted by atomic mass is 10.0. The van der Waals surface area contributed by atoms with Gasteiger partial charge in [-0.2, -0.15) is 0 Å². The lowest BCUT2D eigenvalue weighted by Crippen LogP contribution is -2.54. The number of anilines is 1. The van der Waals surface area contributed by atoms with E-state index in [1.54, 1.807) is 18.2 Å². The first-order valence-corrected chi connectivity index (χ1v) is 8.98. The van der Waals surface area contributed by atoms with Crippen LogP contribution in [0.25, 0.3) is 6.08 Å². The summed E-state index contributed by atoms with van der Waals surface area (Å²) in [5, 5.41) is 2.25. The second kappa shape index (κ2) is 7.79. The Labute approximate surface area is 168 Å². The number of hydrogen-bond acceptors (Lipinski definition) is 5. The van der Waals surface area contributed by atoms with E-state index in [4.69, 9.17) is 9.47 Å². The minimum atomic E-state index is -0.770. The van der Waals surface area contributed by atoms with E-state index in [1.165, 1.54) is 20.3 Å². The zero-order valence-corrected chi connectivity index (χ0v) is 17.0. The third-order valence-electron chi connectivity index (χ3n) is 4.70. The van der Waals surface area contributed by atoms with Gasteiger partial charge in [-0.15, -0.1) is 0 Å². The Hall–Kier alpha value is -3.61. The SMILES string of the molecule is COc1ccc(/C=C2\C(=O)NC(=O)N(c3c(C)cc(C)cc3C)C2=O)c(OC)c1.